The fourth-order valence-electron chi connectivity index (χ4n) is 2.55. The molecule has 4 heteroatoms. The van der Waals surface area contributed by atoms with Crippen LogP contribution in [0.4, 0.5) is 11.4 Å². The molecule has 1 amide bonds. The van der Waals surface area contributed by atoms with E-state index in [1.54, 1.807) is 6.07 Å². The van der Waals surface area contributed by atoms with E-state index in [1.807, 2.05) is 42.5 Å². The molecule has 0 aliphatic heterocycles. The van der Waals surface area contributed by atoms with Gasteiger partial charge in [0.15, 0.2) is 0 Å². The molecule has 108 valence electrons. The van der Waals surface area contributed by atoms with Crippen LogP contribution in [0.15, 0.2) is 48.5 Å². The SMILES string of the molecule is NC(=O)c1ccccc1N(Cc1ccc(N)cc1)C1CC1. The summed E-state index contributed by atoms with van der Waals surface area (Å²) in [5.41, 5.74) is 14.7. The average Bonchev–Trinajstić information content (AvgIpc) is 3.31. The molecule has 2 aromatic rings. The number of amides is 1. The summed E-state index contributed by atoms with van der Waals surface area (Å²) in [5, 5.41) is 0. The Morgan fingerprint density at radius 2 is 1.76 bits per heavy atom. The molecule has 0 atom stereocenters. The Bertz CT molecular complexity index is 647. The number of nitrogens with zero attached hydrogens (tertiary/aromatic N) is 1. The van der Waals surface area contributed by atoms with Crippen molar-refractivity contribution in [1.82, 2.24) is 0 Å². The second-order valence-electron chi connectivity index (χ2n) is 5.48. The topological polar surface area (TPSA) is 72.4 Å². The van der Waals surface area contributed by atoms with Gasteiger partial charge in [-0.15, -0.1) is 0 Å². The van der Waals surface area contributed by atoms with Crippen molar-refractivity contribution in [1.29, 1.82) is 0 Å². The number of nitrogen functional groups attached to an aromatic ring is 1. The molecule has 3 rings (SSSR count). The highest BCUT2D eigenvalue weighted by molar-refractivity contribution is 5.98. The van der Waals surface area contributed by atoms with E-state index in [2.05, 4.69) is 4.90 Å². The third-order valence-electron chi connectivity index (χ3n) is 3.80. The highest BCUT2D eigenvalue weighted by Crippen LogP contribution is 2.34. The Labute approximate surface area is 124 Å². The molecule has 4 N–H and O–H groups in total. The molecule has 0 saturated heterocycles. The number of rotatable bonds is 5. The lowest BCUT2D eigenvalue weighted by Gasteiger charge is -2.26. The number of hydrogen-bond acceptors (Lipinski definition) is 3. The molecule has 1 aliphatic carbocycles. The standard InChI is InChI=1S/C17H19N3O/c18-13-7-5-12(6-8-13)11-20(14-9-10-14)16-4-2-1-3-15(16)17(19)21/h1-8,14H,9-11,18H2,(H2,19,21). The van der Waals surface area contributed by atoms with Crippen molar-refractivity contribution in [2.24, 2.45) is 5.73 Å². The third kappa shape index (κ3) is 2.99. The predicted molar refractivity (Wildman–Crippen MR) is 85.0 cm³/mol. The third-order valence-corrected chi connectivity index (χ3v) is 3.80. The summed E-state index contributed by atoms with van der Waals surface area (Å²) in [6.07, 6.45) is 2.31. The van der Waals surface area contributed by atoms with Gasteiger partial charge in [0.1, 0.15) is 0 Å². The minimum atomic E-state index is -0.381. The first kappa shape index (κ1) is 13.5. The molecular formula is C17H19N3O. The van der Waals surface area contributed by atoms with Crippen molar-refractivity contribution >= 4 is 17.3 Å². The Balaban J connectivity index is 1.92. The zero-order valence-electron chi connectivity index (χ0n) is 11.8. The summed E-state index contributed by atoms with van der Waals surface area (Å²) < 4.78 is 0. The molecule has 21 heavy (non-hydrogen) atoms. The van der Waals surface area contributed by atoms with E-state index in [1.165, 1.54) is 5.56 Å². The minimum Gasteiger partial charge on any atom is -0.399 e. The average molecular weight is 281 g/mol. The normalized spacial score (nSPS) is 13.9. The van der Waals surface area contributed by atoms with Crippen molar-refractivity contribution in [3.8, 4) is 0 Å². The van der Waals surface area contributed by atoms with Crippen LogP contribution in [0.2, 0.25) is 0 Å². The molecule has 0 aromatic heterocycles. The van der Waals surface area contributed by atoms with Gasteiger partial charge in [-0.1, -0.05) is 24.3 Å². The number of benzene rings is 2. The van der Waals surface area contributed by atoms with E-state index in [-0.39, 0.29) is 5.91 Å². The maximum atomic E-state index is 11.6. The molecule has 4 nitrogen and oxygen atoms in total. The quantitative estimate of drug-likeness (QED) is 0.827. The first-order valence-electron chi connectivity index (χ1n) is 7.15. The number of anilines is 2. The number of hydrogen-bond donors (Lipinski definition) is 2. The molecule has 1 saturated carbocycles. The van der Waals surface area contributed by atoms with Crippen LogP contribution in [0.1, 0.15) is 28.8 Å². The largest absolute Gasteiger partial charge is 0.399 e. The fourth-order valence-corrected chi connectivity index (χ4v) is 2.55. The van der Waals surface area contributed by atoms with Crippen molar-refractivity contribution in [3.05, 3.63) is 59.7 Å². The van der Waals surface area contributed by atoms with Gasteiger partial charge in [-0.3, -0.25) is 4.79 Å². The van der Waals surface area contributed by atoms with Gasteiger partial charge in [0, 0.05) is 18.3 Å². The Hall–Kier alpha value is -2.49. The summed E-state index contributed by atoms with van der Waals surface area (Å²) in [4.78, 5) is 13.9. The van der Waals surface area contributed by atoms with Crippen molar-refractivity contribution in [3.63, 3.8) is 0 Å². The van der Waals surface area contributed by atoms with Crippen LogP contribution in [-0.2, 0) is 6.54 Å². The molecule has 0 spiro atoms. The van der Waals surface area contributed by atoms with Crippen molar-refractivity contribution in [2.75, 3.05) is 10.6 Å². The predicted octanol–water partition coefficient (Wildman–Crippen LogP) is 2.54. The van der Waals surface area contributed by atoms with Gasteiger partial charge >= 0.3 is 0 Å². The number of nitrogens with two attached hydrogens (primary N) is 2. The summed E-state index contributed by atoms with van der Waals surface area (Å²) in [6.45, 7) is 0.759. The van der Waals surface area contributed by atoms with E-state index in [0.717, 1.165) is 30.8 Å². The second-order valence-corrected chi connectivity index (χ2v) is 5.48. The molecule has 1 fully saturated rings. The van der Waals surface area contributed by atoms with Crippen LogP contribution in [0, 0.1) is 0 Å². The summed E-state index contributed by atoms with van der Waals surface area (Å²) >= 11 is 0. The maximum absolute atomic E-state index is 11.6. The number of para-hydroxylation sites is 1. The highest BCUT2D eigenvalue weighted by atomic mass is 16.1. The Morgan fingerprint density at radius 3 is 2.38 bits per heavy atom. The van der Waals surface area contributed by atoms with Gasteiger partial charge in [-0.2, -0.15) is 0 Å². The van der Waals surface area contributed by atoms with Gasteiger partial charge in [-0.05, 0) is 42.7 Å². The van der Waals surface area contributed by atoms with E-state index in [0.29, 0.717) is 11.6 Å². The first-order valence-corrected chi connectivity index (χ1v) is 7.15. The van der Waals surface area contributed by atoms with Crippen LogP contribution in [0.25, 0.3) is 0 Å². The van der Waals surface area contributed by atoms with E-state index < -0.39 is 0 Å². The lowest BCUT2D eigenvalue weighted by Crippen LogP contribution is -2.28. The number of carbonyl (C=O) groups excluding carboxylic acids is 1. The van der Waals surface area contributed by atoms with Gasteiger partial charge in [0.25, 0.3) is 5.91 Å². The smallest absolute Gasteiger partial charge is 0.250 e. The van der Waals surface area contributed by atoms with Crippen LogP contribution in [0.3, 0.4) is 0 Å². The number of carbonyl (C=O) groups is 1. The van der Waals surface area contributed by atoms with Gasteiger partial charge in [-0.25, -0.2) is 0 Å². The molecule has 1 aliphatic rings. The zero-order valence-corrected chi connectivity index (χ0v) is 11.8. The van der Waals surface area contributed by atoms with Gasteiger partial charge in [0.2, 0.25) is 0 Å². The lowest BCUT2D eigenvalue weighted by molar-refractivity contribution is 0.100. The fraction of sp³-hybridized carbons (Fsp3) is 0.235. The first-order chi connectivity index (χ1) is 10.1. The molecular weight excluding hydrogens is 262 g/mol. The second kappa shape index (κ2) is 5.48. The van der Waals surface area contributed by atoms with E-state index in [4.69, 9.17) is 11.5 Å². The van der Waals surface area contributed by atoms with Crippen molar-refractivity contribution in [2.45, 2.75) is 25.4 Å². The molecule has 0 radical (unpaired) electrons. The van der Waals surface area contributed by atoms with E-state index in [9.17, 15) is 4.79 Å². The molecule has 0 bridgehead atoms. The van der Waals surface area contributed by atoms with Crippen LogP contribution < -0.4 is 16.4 Å². The highest BCUT2D eigenvalue weighted by Gasteiger charge is 2.31. The molecule has 2 aromatic carbocycles. The van der Waals surface area contributed by atoms with Gasteiger partial charge in [0.05, 0.1) is 11.3 Å². The Kier molecular flexibility index (Phi) is 3.52. The maximum Gasteiger partial charge on any atom is 0.250 e. The Morgan fingerprint density at radius 1 is 1.10 bits per heavy atom. The monoisotopic (exact) mass is 281 g/mol. The van der Waals surface area contributed by atoms with E-state index >= 15 is 0 Å². The number of primary amides is 1. The lowest BCUT2D eigenvalue weighted by atomic mass is 10.1. The van der Waals surface area contributed by atoms with Crippen LogP contribution >= 0.6 is 0 Å². The van der Waals surface area contributed by atoms with Gasteiger partial charge < -0.3 is 16.4 Å². The van der Waals surface area contributed by atoms with Crippen molar-refractivity contribution < 1.29 is 4.79 Å². The summed E-state index contributed by atoms with van der Waals surface area (Å²) in [6, 6.07) is 15.9. The molecule has 0 unspecified atom stereocenters. The van der Waals surface area contributed by atoms with Crippen LogP contribution in [0.5, 0.6) is 0 Å². The molecule has 0 heterocycles. The zero-order chi connectivity index (χ0) is 14.8. The summed E-state index contributed by atoms with van der Waals surface area (Å²) in [7, 11) is 0. The minimum absolute atomic E-state index is 0.381. The van der Waals surface area contributed by atoms with Crippen LogP contribution in [-0.4, -0.2) is 11.9 Å². The summed E-state index contributed by atoms with van der Waals surface area (Å²) in [5.74, 6) is -0.381.